The Bertz CT molecular complexity index is 1580. The zero-order valence-electron chi connectivity index (χ0n) is 23.0. The van der Waals surface area contributed by atoms with Crippen LogP contribution in [-0.4, -0.2) is 39.2 Å². The Hall–Kier alpha value is -4.46. The van der Waals surface area contributed by atoms with Crippen molar-refractivity contribution in [1.29, 1.82) is 5.26 Å². The van der Waals surface area contributed by atoms with Crippen LogP contribution < -0.4 is 10.2 Å². The van der Waals surface area contributed by atoms with E-state index in [4.69, 9.17) is 4.98 Å². The van der Waals surface area contributed by atoms with E-state index in [1.807, 2.05) is 21.6 Å². The van der Waals surface area contributed by atoms with E-state index in [1.54, 1.807) is 12.1 Å². The van der Waals surface area contributed by atoms with Gasteiger partial charge in [-0.25, -0.2) is 4.39 Å². The molecule has 0 saturated heterocycles. The molecule has 7 nitrogen and oxygen atoms in total. The molecule has 0 radical (unpaired) electrons. The summed E-state index contributed by atoms with van der Waals surface area (Å²) in [5, 5.41) is 13.0. The van der Waals surface area contributed by atoms with E-state index in [0.717, 1.165) is 24.1 Å². The molecule has 2 aromatic carbocycles. The third kappa shape index (κ3) is 6.70. The third-order valence-corrected chi connectivity index (χ3v) is 7.57. The molecule has 0 amide bonds. The van der Waals surface area contributed by atoms with Gasteiger partial charge < -0.3 is 14.8 Å². The average molecular weight is 578 g/mol. The number of nitriles is 1. The Kier molecular flexibility index (Phi) is 8.71. The fourth-order valence-electron chi connectivity index (χ4n) is 5.13. The van der Waals surface area contributed by atoms with Gasteiger partial charge in [-0.15, -0.1) is 6.58 Å². The Labute approximate surface area is 241 Å². The van der Waals surface area contributed by atoms with Gasteiger partial charge in [0.15, 0.2) is 11.5 Å². The number of nitrogens with one attached hydrogen (secondary N) is 1. The first kappa shape index (κ1) is 29.0. The van der Waals surface area contributed by atoms with Crippen molar-refractivity contribution in [1.82, 2.24) is 19.5 Å². The summed E-state index contributed by atoms with van der Waals surface area (Å²) in [6.45, 7) is 5.57. The molecule has 218 valence electrons. The molecule has 2 heterocycles. The standard InChI is InChI=1S/C31H31F4N7/c1-2-16-41(17-14-22-7-4-8-25(32)18-22)30-40-29-27(42(30)20-23-9-11-24(12-10-23)31(33,34)35)28(38-26(19-36)39-29)37-15-13-21-5-3-6-21/h2,4,7-12,18,21H,1,3,5-6,13-17,20H2,(H,37,38,39). The first-order valence-electron chi connectivity index (χ1n) is 13.9. The molecule has 0 unspecified atom stereocenters. The number of nitrogens with zero attached hydrogens (tertiary/aromatic N) is 6. The third-order valence-electron chi connectivity index (χ3n) is 7.57. The van der Waals surface area contributed by atoms with Crippen molar-refractivity contribution in [2.24, 2.45) is 5.92 Å². The van der Waals surface area contributed by atoms with Crippen LogP contribution in [0, 0.1) is 23.1 Å². The van der Waals surface area contributed by atoms with E-state index in [-0.39, 0.29) is 18.2 Å². The van der Waals surface area contributed by atoms with E-state index in [2.05, 4.69) is 21.9 Å². The molecular formula is C31H31F4N7. The Morgan fingerprint density at radius 2 is 1.88 bits per heavy atom. The summed E-state index contributed by atoms with van der Waals surface area (Å²) in [7, 11) is 0. The SMILES string of the molecule is C=CCN(CCc1cccc(F)c1)c1nc2nc(C#N)nc(NCCC3CCC3)c2n1Cc1ccc(C(F)(F)F)cc1. The second kappa shape index (κ2) is 12.6. The number of imidazole rings is 1. The minimum atomic E-state index is -4.44. The fourth-order valence-corrected chi connectivity index (χ4v) is 5.13. The van der Waals surface area contributed by atoms with Gasteiger partial charge in [-0.1, -0.05) is 49.6 Å². The first-order chi connectivity index (χ1) is 20.2. The van der Waals surface area contributed by atoms with Gasteiger partial charge in [0.05, 0.1) is 12.1 Å². The smallest absolute Gasteiger partial charge is 0.368 e. The number of benzene rings is 2. The van der Waals surface area contributed by atoms with Gasteiger partial charge in [0.1, 0.15) is 17.4 Å². The molecule has 4 aromatic rings. The van der Waals surface area contributed by atoms with E-state index >= 15 is 0 Å². The van der Waals surface area contributed by atoms with Gasteiger partial charge in [-0.2, -0.15) is 33.4 Å². The molecule has 0 aliphatic heterocycles. The quantitative estimate of drug-likeness (QED) is 0.148. The molecule has 42 heavy (non-hydrogen) atoms. The largest absolute Gasteiger partial charge is 0.416 e. The van der Waals surface area contributed by atoms with Crippen LogP contribution in [0.5, 0.6) is 0 Å². The van der Waals surface area contributed by atoms with Crippen LogP contribution in [0.4, 0.5) is 29.3 Å². The number of anilines is 2. The maximum Gasteiger partial charge on any atom is 0.416 e. The maximum absolute atomic E-state index is 13.8. The van der Waals surface area contributed by atoms with Crippen molar-refractivity contribution >= 4 is 22.9 Å². The predicted molar refractivity (Wildman–Crippen MR) is 154 cm³/mol. The molecule has 0 atom stereocenters. The molecule has 1 fully saturated rings. The van der Waals surface area contributed by atoms with Crippen LogP contribution >= 0.6 is 0 Å². The van der Waals surface area contributed by atoms with Gasteiger partial charge in [0.2, 0.25) is 11.8 Å². The molecule has 1 aliphatic carbocycles. The van der Waals surface area contributed by atoms with E-state index in [1.165, 1.54) is 43.5 Å². The maximum atomic E-state index is 13.8. The Balaban J connectivity index is 1.56. The highest BCUT2D eigenvalue weighted by molar-refractivity contribution is 5.86. The minimum Gasteiger partial charge on any atom is -0.368 e. The van der Waals surface area contributed by atoms with E-state index < -0.39 is 11.7 Å². The van der Waals surface area contributed by atoms with Crippen molar-refractivity contribution in [3.05, 3.63) is 89.5 Å². The summed E-state index contributed by atoms with van der Waals surface area (Å²) in [6.07, 6.45) is 2.38. The van der Waals surface area contributed by atoms with Crippen LogP contribution in [0.25, 0.3) is 11.2 Å². The second-order valence-corrected chi connectivity index (χ2v) is 10.5. The topological polar surface area (TPSA) is 82.7 Å². The molecule has 2 aromatic heterocycles. The minimum absolute atomic E-state index is 0.0330. The van der Waals surface area contributed by atoms with Gasteiger partial charge >= 0.3 is 6.18 Å². The van der Waals surface area contributed by atoms with Gasteiger partial charge in [-0.3, -0.25) is 0 Å². The van der Waals surface area contributed by atoms with Gasteiger partial charge in [0, 0.05) is 19.6 Å². The highest BCUT2D eigenvalue weighted by Gasteiger charge is 2.30. The summed E-state index contributed by atoms with van der Waals surface area (Å²) in [5.74, 6) is 1.24. The predicted octanol–water partition coefficient (Wildman–Crippen LogP) is 6.74. The van der Waals surface area contributed by atoms with Crippen LogP contribution in [0.2, 0.25) is 0 Å². The Morgan fingerprint density at radius 1 is 1.10 bits per heavy atom. The lowest BCUT2D eigenvalue weighted by Gasteiger charge is -2.25. The molecule has 1 aliphatic rings. The summed E-state index contributed by atoms with van der Waals surface area (Å²) >= 11 is 0. The van der Waals surface area contributed by atoms with Crippen molar-refractivity contribution < 1.29 is 17.6 Å². The molecule has 0 spiro atoms. The summed E-state index contributed by atoms with van der Waals surface area (Å²) in [5.41, 5.74) is 1.55. The molecular weight excluding hydrogens is 546 g/mol. The number of hydrogen-bond acceptors (Lipinski definition) is 6. The molecule has 5 rings (SSSR count). The number of rotatable bonds is 12. The normalized spacial score (nSPS) is 13.5. The molecule has 1 N–H and O–H groups in total. The zero-order chi connectivity index (χ0) is 29.7. The van der Waals surface area contributed by atoms with E-state index in [0.29, 0.717) is 60.5 Å². The lowest BCUT2D eigenvalue weighted by molar-refractivity contribution is -0.137. The number of fused-ring (bicyclic) bond motifs is 1. The second-order valence-electron chi connectivity index (χ2n) is 10.5. The van der Waals surface area contributed by atoms with Gasteiger partial charge in [-0.05, 0) is 54.2 Å². The zero-order valence-corrected chi connectivity index (χ0v) is 23.0. The van der Waals surface area contributed by atoms with Crippen molar-refractivity contribution in [3.63, 3.8) is 0 Å². The van der Waals surface area contributed by atoms with Crippen LogP contribution in [0.15, 0.2) is 61.2 Å². The van der Waals surface area contributed by atoms with Crippen LogP contribution in [-0.2, 0) is 19.1 Å². The highest BCUT2D eigenvalue weighted by atomic mass is 19.4. The van der Waals surface area contributed by atoms with Crippen molar-refractivity contribution in [2.75, 3.05) is 29.9 Å². The van der Waals surface area contributed by atoms with Crippen molar-refractivity contribution in [2.45, 2.75) is 44.8 Å². The average Bonchev–Trinajstić information content (AvgIpc) is 3.30. The lowest BCUT2D eigenvalue weighted by atomic mass is 9.83. The summed E-state index contributed by atoms with van der Waals surface area (Å²) < 4.78 is 55.4. The molecule has 11 heteroatoms. The number of alkyl halides is 3. The molecule has 0 bridgehead atoms. The summed E-state index contributed by atoms with van der Waals surface area (Å²) in [4.78, 5) is 15.6. The van der Waals surface area contributed by atoms with Gasteiger partial charge in [0.25, 0.3) is 0 Å². The van der Waals surface area contributed by atoms with E-state index in [9.17, 15) is 22.8 Å². The summed E-state index contributed by atoms with van der Waals surface area (Å²) in [6, 6.07) is 13.4. The Morgan fingerprint density at radius 3 is 2.52 bits per heavy atom. The molecule has 1 saturated carbocycles. The first-order valence-corrected chi connectivity index (χ1v) is 13.9. The van der Waals surface area contributed by atoms with Crippen LogP contribution in [0.3, 0.4) is 0 Å². The lowest BCUT2D eigenvalue weighted by Crippen LogP contribution is -2.29. The van der Waals surface area contributed by atoms with Crippen molar-refractivity contribution in [3.8, 4) is 6.07 Å². The van der Waals surface area contributed by atoms with Crippen LogP contribution in [0.1, 0.15) is 48.2 Å². The number of aromatic nitrogens is 4. The number of halogens is 4. The monoisotopic (exact) mass is 577 g/mol. The highest BCUT2D eigenvalue weighted by Crippen LogP contribution is 2.32. The fraction of sp³-hybridized carbons (Fsp3) is 0.355. The number of hydrogen-bond donors (Lipinski definition) is 1.